The van der Waals surface area contributed by atoms with E-state index in [4.69, 9.17) is 0 Å². The number of nitrogens with zero attached hydrogens (tertiary/aromatic N) is 1. The summed E-state index contributed by atoms with van der Waals surface area (Å²) in [7, 11) is 0. The molecular formula is C14H22N2O4. The van der Waals surface area contributed by atoms with Crippen LogP contribution in [0.3, 0.4) is 0 Å². The molecule has 2 rings (SSSR count). The largest absolute Gasteiger partial charge is 0.481 e. The monoisotopic (exact) mass is 282 g/mol. The summed E-state index contributed by atoms with van der Waals surface area (Å²) in [5.74, 6) is -1.03. The highest BCUT2D eigenvalue weighted by Crippen LogP contribution is 2.48. The number of fused-ring (bicyclic) bond motifs is 1. The highest BCUT2D eigenvalue weighted by atomic mass is 16.4. The average molecular weight is 282 g/mol. The Bertz CT molecular complexity index is 423. The summed E-state index contributed by atoms with van der Waals surface area (Å²) in [5, 5.41) is 12.0. The van der Waals surface area contributed by atoms with Crippen LogP contribution in [0.25, 0.3) is 0 Å². The Labute approximate surface area is 118 Å². The van der Waals surface area contributed by atoms with Crippen LogP contribution in [0.4, 0.5) is 0 Å². The van der Waals surface area contributed by atoms with E-state index in [1.807, 2.05) is 6.92 Å². The minimum atomic E-state index is -0.787. The maximum atomic E-state index is 12.1. The molecule has 1 aliphatic carbocycles. The summed E-state index contributed by atoms with van der Waals surface area (Å²) in [5.41, 5.74) is -0.747. The van der Waals surface area contributed by atoms with E-state index in [1.54, 1.807) is 4.90 Å². The van der Waals surface area contributed by atoms with Crippen molar-refractivity contribution in [2.75, 3.05) is 19.6 Å². The third kappa shape index (κ3) is 2.64. The second-order valence-electron chi connectivity index (χ2n) is 5.85. The zero-order chi connectivity index (χ0) is 14.8. The second kappa shape index (κ2) is 5.81. The molecule has 0 aromatic rings. The highest BCUT2D eigenvalue weighted by Gasteiger charge is 2.55. The molecular weight excluding hydrogens is 260 g/mol. The lowest BCUT2D eigenvalue weighted by atomic mass is 9.81. The van der Waals surface area contributed by atoms with Crippen molar-refractivity contribution in [2.24, 2.45) is 11.3 Å². The van der Waals surface area contributed by atoms with Crippen LogP contribution < -0.4 is 5.32 Å². The number of carboxylic acids is 1. The summed E-state index contributed by atoms with van der Waals surface area (Å²) in [4.78, 5) is 36.5. The first-order valence-corrected chi connectivity index (χ1v) is 7.27. The van der Waals surface area contributed by atoms with E-state index in [0.717, 1.165) is 19.3 Å². The minimum Gasteiger partial charge on any atom is -0.481 e. The number of nitrogens with one attached hydrogen (secondary N) is 1. The fourth-order valence-corrected chi connectivity index (χ4v) is 3.43. The third-order valence-electron chi connectivity index (χ3n) is 4.56. The maximum Gasteiger partial charge on any atom is 0.311 e. The highest BCUT2D eigenvalue weighted by molar-refractivity contribution is 5.86. The molecule has 2 fully saturated rings. The molecule has 0 aromatic carbocycles. The predicted molar refractivity (Wildman–Crippen MR) is 71.9 cm³/mol. The van der Waals surface area contributed by atoms with Gasteiger partial charge in [0.15, 0.2) is 0 Å². The van der Waals surface area contributed by atoms with Crippen molar-refractivity contribution in [2.45, 2.75) is 39.0 Å². The van der Waals surface area contributed by atoms with Gasteiger partial charge in [0, 0.05) is 19.5 Å². The Morgan fingerprint density at radius 2 is 2.15 bits per heavy atom. The third-order valence-corrected chi connectivity index (χ3v) is 4.56. The summed E-state index contributed by atoms with van der Waals surface area (Å²) >= 11 is 0. The van der Waals surface area contributed by atoms with Crippen LogP contribution in [0, 0.1) is 11.3 Å². The Hall–Kier alpha value is -1.59. The van der Waals surface area contributed by atoms with E-state index in [1.165, 1.54) is 0 Å². The van der Waals surface area contributed by atoms with E-state index in [-0.39, 0.29) is 30.8 Å². The molecule has 0 aromatic heterocycles. The van der Waals surface area contributed by atoms with E-state index < -0.39 is 11.4 Å². The molecule has 1 heterocycles. The molecule has 2 N–H and O–H groups in total. The van der Waals surface area contributed by atoms with Gasteiger partial charge >= 0.3 is 5.97 Å². The number of amides is 2. The lowest BCUT2D eigenvalue weighted by Gasteiger charge is -2.23. The fourth-order valence-electron chi connectivity index (χ4n) is 3.43. The summed E-state index contributed by atoms with van der Waals surface area (Å²) < 4.78 is 0. The average Bonchev–Trinajstić information content (AvgIpc) is 2.93. The molecule has 0 spiro atoms. The zero-order valence-electron chi connectivity index (χ0n) is 11.9. The van der Waals surface area contributed by atoms with Crippen LogP contribution in [-0.2, 0) is 14.4 Å². The Balaban J connectivity index is 1.90. The molecule has 0 radical (unpaired) electrons. The van der Waals surface area contributed by atoms with Crippen molar-refractivity contribution in [3.63, 3.8) is 0 Å². The van der Waals surface area contributed by atoms with Gasteiger partial charge in [0.1, 0.15) is 0 Å². The summed E-state index contributed by atoms with van der Waals surface area (Å²) in [6.45, 7) is 2.67. The van der Waals surface area contributed by atoms with Gasteiger partial charge in [0.05, 0.1) is 12.0 Å². The van der Waals surface area contributed by atoms with Gasteiger partial charge in [-0.05, 0) is 25.2 Å². The van der Waals surface area contributed by atoms with Gasteiger partial charge in [-0.3, -0.25) is 14.4 Å². The van der Waals surface area contributed by atoms with Crippen molar-refractivity contribution in [3.05, 3.63) is 0 Å². The lowest BCUT2D eigenvalue weighted by molar-refractivity contribution is -0.149. The van der Waals surface area contributed by atoms with Crippen LogP contribution in [0.2, 0.25) is 0 Å². The quantitative estimate of drug-likeness (QED) is 0.773. The van der Waals surface area contributed by atoms with Gasteiger partial charge in [0.25, 0.3) is 0 Å². The smallest absolute Gasteiger partial charge is 0.311 e. The molecule has 2 atom stereocenters. The lowest BCUT2D eigenvalue weighted by Crippen LogP contribution is -2.41. The molecule has 2 aliphatic rings. The normalized spacial score (nSPS) is 28.2. The van der Waals surface area contributed by atoms with E-state index in [9.17, 15) is 19.5 Å². The molecule has 0 bridgehead atoms. The van der Waals surface area contributed by atoms with Crippen LogP contribution in [0.5, 0.6) is 0 Å². The first-order valence-electron chi connectivity index (χ1n) is 7.27. The van der Waals surface area contributed by atoms with Gasteiger partial charge < -0.3 is 15.3 Å². The Kier molecular flexibility index (Phi) is 4.30. The standard InChI is InChI=1S/C14H22N2O4/c1-2-4-11(17)15-7-12(18)16-8-10-5-3-6-14(10,9-16)13(19)20/h10H,2-9H2,1H3,(H,15,17)(H,19,20)/t10-,14+/m0/s1. The minimum absolute atomic E-state index is 0.0265. The van der Waals surface area contributed by atoms with Gasteiger partial charge in [-0.1, -0.05) is 13.3 Å². The molecule has 2 amide bonds. The predicted octanol–water partition coefficient (Wildman–Crippen LogP) is 0.616. The molecule has 0 unspecified atom stereocenters. The molecule has 112 valence electrons. The van der Waals surface area contributed by atoms with Crippen LogP contribution in [0.1, 0.15) is 39.0 Å². The number of carbonyl (C=O) groups excluding carboxylic acids is 2. The van der Waals surface area contributed by atoms with Gasteiger partial charge in [-0.15, -0.1) is 0 Å². The molecule has 1 aliphatic heterocycles. The van der Waals surface area contributed by atoms with E-state index in [2.05, 4.69) is 5.32 Å². The fraction of sp³-hybridized carbons (Fsp3) is 0.786. The number of hydrogen-bond acceptors (Lipinski definition) is 3. The molecule has 1 saturated heterocycles. The molecule has 6 heteroatoms. The number of likely N-dealkylation sites (tertiary alicyclic amines) is 1. The number of carbonyl (C=O) groups is 3. The van der Waals surface area contributed by atoms with E-state index in [0.29, 0.717) is 19.4 Å². The van der Waals surface area contributed by atoms with Crippen molar-refractivity contribution in [1.82, 2.24) is 10.2 Å². The van der Waals surface area contributed by atoms with Crippen LogP contribution in [-0.4, -0.2) is 47.4 Å². The Morgan fingerprint density at radius 1 is 1.40 bits per heavy atom. The van der Waals surface area contributed by atoms with Crippen LogP contribution >= 0.6 is 0 Å². The zero-order valence-corrected chi connectivity index (χ0v) is 11.9. The van der Waals surface area contributed by atoms with Crippen molar-refractivity contribution >= 4 is 17.8 Å². The van der Waals surface area contributed by atoms with Gasteiger partial charge in [0.2, 0.25) is 11.8 Å². The molecule has 1 saturated carbocycles. The number of rotatable bonds is 5. The van der Waals surface area contributed by atoms with Crippen molar-refractivity contribution in [1.29, 1.82) is 0 Å². The Morgan fingerprint density at radius 3 is 2.75 bits per heavy atom. The SMILES string of the molecule is CCCC(=O)NCC(=O)N1C[C@@H]2CCC[C@@]2(C(=O)O)C1. The first kappa shape index (κ1) is 14.8. The summed E-state index contributed by atoms with van der Waals surface area (Å²) in [6, 6.07) is 0. The summed E-state index contributed by atoms with van der Waals surface area (Å²) in [6.07, 6.45) is 3.60. The van der Waals surface area contributed by atoms with Crippen molar-refractivity contribution < 1.29 is 19.5 Å². The molecule has 20 heavy (non-hydrogen) atoms. The number of aliphatic carboxylic acids is 1. The van der Waals surface area contributed by atoms with Crippen molar-refractivity contribution in [3.8, 4) is 0 Å². The topological polar surface area (TPSA) is 86.7 Å². The second-order valence-corrected chi connectivity index (χ2v) is 5.85. The number of hydrogen-bond donors (Lipinski definition) is 2. The maximum absolute atomic E-state index is 12.1. The molecule has 6 nitrogen and oxygen atoms in total. The first-order chi connectivity index (χ1) is 9.49. The van der Waals surface area contributed by atoms with Gasteiger partial charge in [-0.2, -0.15) is 0 Å². The van der Waals surface area contributed by atoms with Gasteiger partial charge in [-0.25, -0.2) is 0 Å². The number of carboxylic acid groups (broad SMARTS) is 1. The van der Waals surface area contributed by atoms with E-state index >= 15 is 0 Å². The van der Waals surface area contributed by atoms with Crippen LogP contribution in [0.15, 0.2) is 0 Å².